The molecular formula is C28H33N3O3. The van der Waals surface area contributed by atoms with Crippen molar-refractivity contribution in [3.8, 4) is 11.5 Å². The van der Waals surface area contributed by atoms with E-state index in [9.17, 15) is 4.79 Å². The van der Waals surface area contributed by atoms with Crippen LogP contribution in [0.1, 0.15) is 43.0 Å². The van der Waals surface area contributed by atoms with Gasteiger partial charge < -0.3 is 14.4 Å². The molecule has 2 saturated heterocycles. The maximum atomic E-state index is 13.6. The number of hydrogen-bond acceptors (Lipinski definition) is 5. The number of likely N-dealkylation sites (tertiary alicyclic amines) is 2. The summed E-state index contributed by atoms with van der Waals surface area (Å²) in [6.07, 6.45) is 7.91. The van der Waals surface area contributed by atoms with Crippen LogP contribution >= 0.6 is 0 Å². The number of hydrogen-bond donors (Lipinski definition) is 0. The van der Waals surface area contributed by atoms with Crippen molar-refractivity contribution in [1.29, 1.82) is 0 Å². The first kappa shape index (κ1) is 22.7. The number of carbonyl (C=O) groups is 1. The van der Waals surface area contributed by atoms with Crippen LogP contribution in [0.2, 0.25) is 0 Å². The average molecular weight is 460 g/mol. The fraction of sp³-hybridized carbons (Fsp3) is 0.429. The van der Waals surface area contributed by atoms with Crippen LogP contribution in [-0.4, -0.2) is 65.6 Å². The van der Waals surface area contributed by atoms with Crippen molar-refractivity contribution in [3.05, 3.63) is 66.5 Å². The van der Waals surface area contributed by atoms with E-state index in [-0.39, 0.29) is 12.0 Å². The lowest BCUT2D eigenvalue weighted by Crippen LogP contribution is -2.50. The van der Waals surface area contributed by atoms with Crippen LogP contribution in [0.4, 0.5) is 0 Å². The molecule has 178 valence electrons. The second-order valence-electron chi connectivity index (χ2n) is 9.15. The fourth-order valence-electron chi connectivity index (χ4n) is 5.31. The zero-order chi connectivity index (χ0) is 23.3. The molecule has 1 aromatic heterocycles. The minimum Gasteiger partial charge on any atom is -0.493 e. The van der Waals surface area contributed by atoms with Gasteiger partial charge in [0, 0.05) is 44.6 Å². The van der Waals surface area contributed by atoms with E-state index in [2.05, 4.69) is 16.0 Å². The summed E-state index contributed by atoms with van der Waals surface area (Å²) in [6, 6.07) is 16.4. The van der Waals surface area contributed by atoms with Crippen LogP contribution < -0.4 is 9.47 Å². The van der Waals surface area contributed by atoms with Gasteiger partial charge in [-0.3, -0.25) is 14.7 Å². The minimum absolute atomic E-state index is 0.0863. The summed E-state index contributed by atoms with van der Waals surface area (Å²) in [4.78, 5) is 22.3. The van der Waals surface area contributed by atoms with E-state index in [4.69, 9.17) is 9.47 Å². The van der Waals surface area contributed by atoms with E-state index in [0.717, 1.165) is 68.4 Å². The zero-order valence-electron chi connectivity index (χ0n) is 19.9. The lowest BCUT2D eigenvalue weighted by Gasteiger charge is -2.41. The highest BCUT2D eigenvalue weighted by Gasteiger charge is 2.31. The van der Waals surface area contributed by atoms with Crippen LogP contribution in [0.5, 0.6) is 11.5 Å². The lowest BCUT2D eigenvalue weighted by molar-refractivity contribution is 0.0425. The molecule has 0 unspecified atom stereocenters. The topological polar surface area (TPSA) is 54.9 Å². The number of ether oxygens (including phenoxy) is 2. The molecule has 2 fully saturated rings. The van der Waals surface area contributed by atoms with Crippen molar-refractivity contribution in [2.24, 2.45) is 0 Å². The van der Waals surface area contributed by atoms with Gasteiger partial charge in [0.05, 0.1) is 12.2 Å². The summed E-state index contributed by atoms with van der Waals surface area (Å²) in [7, 11) is 0. The summed E-state index contributed by atoms with van der Waals surface area (Å²) >= 11 is 0. The van der Waals surface area contributed by atoms with E-state index in [1.165, 1.54) is 0 Å². The maximum absolute atomic E-state index is 13.6. The van der Waals surface area contributed by atoms with E-state index < -0.39 is 0 Å². The van der Waals surface area contributed by atoms with Gasteiger partial charge in [-0.2, -0.15) is 0 Å². The Labute approximate surface area is 201 Å². The molecular weight excluding hydrogens is 426 g/mol. The molecule has 0 spiro atoms. The van der Waals surface area contributed by atoms with Crippen LogP contribution in [0, 0.1) is 0 Å². The number of carbonyl (C=O) groups excluding carboxylic acids is 1. The first-order valence-corrected chi connectivity index (χ1v) is 12.5. The predicted molar refractivity (Wildman–Crippen MR) is 134 cm³/mol. The van der Waals surface area contributed by atoms with E-state index in [1.807, 2.05) is 54.3 Å². The molecule has 6 nitrogen and oxygen atoms in total. The summed E-state index contributed by atoms with van der Waals surface area (Å²) < 4.78 is 12.0. The van der Waals surface area contributed by atoms with Crippen molar-refractivity contribution >= 4 is 16.7 Å². The Balaban J connectivity index is 1.19. The zero-order valence-corrected chi connectivity index (χ0v) is 19.9. The number of nitrogens with zero attached hydrogens (tertiary/aromatic N) is 3. The quantitative estimate of drug-likeness (QED) is 0.531. The van der Waals surface area contributed by atoms with Gasteiger partial charge in [0.15, 0.2) is 0 Å². The number of aromatic nitrogens is 1. The lowest BCUT2D eigenvalue weighted by atomic mass is 9.97. The van der Waals surface area contributed by atoms with Crippen molar-refractivity contribution in [2.45, 2.75) is 44.8 Å². The third kappa shape index (κ3) is 4.87. The van der Waals surface area contributed by atoms with E-state index >= 15 is 0 Å². The SMILES string of the molecule is CCOc1ccc2ccccc2c1C(=O)N1CCC(N2CCC(Oc3ccncc3)CC2)CC1. The number of fused-ring (bicyclic) bond motifs is 1. The molecule has 0 atom stereocenters. The molecule has 0 bridgehead atoms. The molecule has 6 heteroatoms. The smallest absolute Gasteiger partial charge is 0.258 e. The molecule has 3 aromatic rings. The third-order valence-electron chi connectivity index (χ3n) is 7.10. The average Bonchev–Trinajstić information content (AvgIpc) is 2.89. The van der Waals surface area contributed by atoms with Gasteiger partial charge in [0.25, 0.3) is 5.91 Å². The van der Waals surface area contributed by atoms with Crippen LogP contribution in [-0.2, 0) is 0 Å². The highest BCUT2D eigenvalue weighted by Crippen LogP contribution is 2.31. The van der Waals surface area contributed by atoms with Crippen LogP contribution in [0.15, 0.2) is 60.9 Å². The molecule has 5 rings (SSSR count). The molecule has 2 aliphatic rings. The van der Waals surface area contributed by atoms with Gasteiger partial charge in [-0.25, -0.2) is 0 Å². The van der Waals surface area contributed by atoms with Crippen LogP contribution in [0.3, 0.4) is 0 Å². The number of rotatable bonds is 6. The Morgan fingerprint density at radius 2 is 1.68 bits per heavy atom. The first-order chi connectivity index (χ1) is 16.7. The van der Waals surface area contributed by atoms with Gasteiger partial charge in [-0.15, -0.1) is 0 Å². The Morgan fingerprint density at radius 1 is 0.941 bits per heavy atom. The highest BCUT2D eigenvalue weighted by atomic mass is 16.5. The molecule has 34 heavy (non-hydrogen) atoms. The second-order valence-corrected chi connectivity index (χ2v) is 9.15. The van der Waals surface area contributed by atoms with Crippen LogP contribution in [0.25, 0.3) is 10.8 Å². The van der Waals surface area contributed by atoms with Gasteiger partial charge in [-0.1, -0.05) is 30.3 Å². The summed E-state index contributed by atoms with van der Waals surface area (Å²) in [5, 5.41) is 2.04. The monoisotopic (exact) mass is 459 g/mol. The van der Waals surface area contributed by atoms with Gasteiger partial charge in [-0.05, 0) is 61.6 Å². The Kier molecular flexibility index (Phi) is 6.95. The first-order valence-electron chi connectivity index (χ1n) is 12.5. The van der Waals surface area contributed by atoms with Crippen molar-refractivity contribution in [3.63, 3.8) is 0 Å². The summed E-state index contributed by atoms with van der Waals surface area (Å²) in [5.74, 6) is 1.67. The molecule has 1 amide bonds. The molecule has 3 heterocycles. The Hall–Kier alpha value is -3.12. The van der Waals surface area contributed by atoms with Crippen molar-refractivity contribution < 1.29 is 14.3 Å². The number of benzene rings is 2. The molecule has 2 aromatic carbocycles. The van der Waals surface area contributed by atoms with Gasteiger partial charge >= 0.3 is 0 Å². The summed E-state index contributed by atoms with van der Waals surface area (Å²) in [5.41, 5.74) is 0.701. The standard InChI is InChI=1S/C28H33N3O3/c1-2-33-26-8-7-21-5-3-4-6-25(21)27(26)28(32)31-17-11-22(12-18-31)30-19-13-24(14-20-30)34-23-9-15-29-16-10-23/h3-10,15-16,22,24H,2,11-14,17-20H2,1H3. The van der Waals surface area contributed by atoms with Crippen molar-refractivity contribution in [1.82, 2.24) is 14.8 Å². The minimum atomic E-state index is 0.0863. The maximum Gasteiger partial charge on any atom is 0.258 e. The third-order valence-corrected chi connectivity index (χ3v) is 7.10. The van der Waals surface area contributed by atoms with E-state index in [1.54, 1.807) is 12.4 Å². The van der Waals surface area contributed by atoms with Gasteiger partial charge in [0.1, 0.15) is 17.6 Å². The fourth-order valence-corrected chi connectivity index (χ4v) is 5.31. The Morgan fingerprint density at radius 3 is 2.41 bits per heavy atom. The summed E-state index contributed by atoms with van der Waals surface area (Å²) in [6.45, 7) is 6.16. The molecule has 2 aliphatic heterocycles. The van der Waals surface area contributed by atoms with E-state index in [0.29, 0.717) is 24.0 Å². The van der Waals surface area contributed by atoms with Crippen molar-refractivity contribution in [2.75, 3.05) is 32.8 Å². The highest BCUT2D eigenvalue weighted by molar-refractivity contribution is 6.09. The Bertz CT molecular complexity index is 1100. The van der Waals surface area contributed by atoms with Gasteiger partial charge in [0.2, 0.25) is 0 Å². The predicted octanol–water partition coefficient (Wildman–Crippen LogP) is 4.78. The number of piperidine rings is 2. The normalized spacial score (nSPS) is 18.2. The largest absolute Gasteiger partial charge is 0.493 e. The molecule has 0 saturated carbocycles. The molecule has 0 aliphatic carbocycles. The second kappa shape index (κ2) is 10.4. The number of pyridine rings is 1. The molecule has 0 radical (unpaired) electrons. The number of amides is 1. The molecule has 0 N–H and O–H groups in total.